The average Bonchev–Trinajstić information content (AvgIpc) is 2.78. The predicted molar refractivity (Wildman–Crippen MR) is 126 cm³/mol. The second-order valence-electron chi connectivity index (χ2n) is 7.48. The van der Waals surface area contributed by atoms with Crippen molar-refractivity contribution in [2.24, 2.45) is 5.10 Å². The monoisotopic (exact) mass is 454 g/mol. The first kappa shape index (κ1) is 25.5. The molecule has 0 heterocycles. The van der Waals surface area contributed by atoms with Gasteiger partial charge < -0.3 is 20.1 Å². The van der Waals surface area contributed by atoms with Gasteiger partial charge in [0, 0.05) is 25.9 Å². The molecule has 9 heteroatoms. The van der Waals surface area contributed by atoms with Gasteiger partial charge in [-0.1, -0.05) is 17.7 Å². The van der Waals surface area contributed by atoms with E-state index in [0.29, 0.717) is 30.9 Å². The highest BCUT2D eigenvalue weighted by molar-refractivity contribution is 6.35. The SMILES string of the molecule is COCCCNC(=O)C(=O)N/N=C/c1ccc(OCC(=O)Nc2c(C)cc(C)cc2C)cc1. The topological polar surface area (TPSA) is 118 Å². The lowest BCUT2D eigenvalue weighted by atomic mass is 10.1. The third-order valence-electron chi connectivity index (χ3n) is 4.59. The van der Waals surface area contributed by atoms with E-state index in [1.807, 2.05) is 32.9 Å². The number of nitrogens with one attached hydrogen (secondary N) is 3. The third-order valence-corrected chi connectivity index (χ3v) is 4.59. The summed E-state index contributed by atoms with van der Waals surface area (Å²) in [7, 11) is 1.56. The Hall–Kier alpha value is -3.72. The van der Waals surface area contributed by atoms with Crippen molar-refractivity contribution in [2.45, 2.75) is 27.2 Å². The molecular weight excluding hydrogens is 424 g/mol. The number of aryl methyl sites for hydroxylation is 3. The Bertz CT molecular complexity index is 979. The van der Waals surface area contributed by atoms with Crippen LogP contribution >= 0.6 is 0 Å². The summed E-state index contributed by atoms with van der Waals surface area (Å²) >= 11 is 0. The molecule has 0 aliphatic heterocycles. The van der Waals surface area contributed by atoms with E-state index in [1.165, 1.54) is 6.21 Å². The van der Waals surface area contributed by atoms with Crippen LogP contribution in [-0.4, -0.2) is 50.8 Å². The summed E-state index contributed by atoms with van der Waals surface area (Å²) in [6.07, 6.45) is 2.01. The molecule has 0 unspecified atom stereocenters. The molecule has 33 heavy (non-hydrogen) atoms. The first-order chi connectivity index (χ1) is 15.8. The van der Waals surface area contributed by atoms with Crippen LogP contribution in [0.15, 0.2) is 41.5 Å². The van der Waals surface area contributed by atoms with Crippen molar-refractivity contribution in [1.82, 2.24) is 10.7 Å². The maximum atomic E-state index is 12.3. The summed E-state index contributed by atoms with van der Waals surface area (Å²) < 4.78 is 10.4. The van der Waals surface area contributed by atoms with E-state index in [2.05, 4.69) is 21.2 Å². The molecule has 0 spiro atoms. The van der Waals surface area contributed by atoms with Gasteiger partial charge >= 0.3 is 11.8 Å². The molecule has 2 aromatic rings. The first-order valence-corrected chi connectivity index (χ1v) is 10.5. The highest BCUT2D eigenvalue weighted by atomic mass is 16.5. The Kier molecular flexibility index (Phi) is 10.0. The molecule has 0 aliphatic rings. The standard InChI is InChI=1S/C24H30N4O5/c1-16-12-17(2)22(18(3)13-16)27-21(29)15-33-20-8-6-19(7-9-20)14-26-28-24(31)23(30)25-10-5-11-32-4/h6-9,12-14H,5,10-11,15H2,1-4H3,(H,25,30)(H,27,29)(H,28,31)/b26-14+. The number of benzene rings is 2. The smallest absolute Gasteiger partial charge is 0.329 e. The Labute approximate surface area is 193 Å². The molecule has 3 amide bonds. The van der Waals surface area contributed by atoms with Crippen molar-refractivity contribution in [2.75, 3.05) is 32.2 Å². The molecule has 0 atom stereocenters. The van der Waals surface area contributed by atoms with E-state index >= 15 is 0 Å². The minimum absolute atomic E-state index is 0.129. The van der Waals surface area contributed by atoms with Gasteiger partial charge in [0.1, 0.15) is 5.75 Å². The van der Waals surface area contributed by atoms with Gasteiger partial charge in [-0.3, -0.25) is 14.4 Å². The Balaban J connectivity index is 1.78. The first-order valence-electron chi connectivity index (χ1n) is 10.5. The summed E-state index contributed by atoms with van der Waals surface area (Å²) in [6.45, 7) is 6.63. The fourth-order valence-electron chi connectivity index (χ4n) is 3.07. The number of carbonyl (C=O) groups is 3. The van der Waals surface area contributed by atoms with Crippen LogP contribution < -0.4 is 20.8 Å². The fourth-order valence-corrected chi connectivity index (χ4v) is 3.07. The Morgan fingerprint density at radius 1 is 1.00 bits per heavy atom. The number of carbonyl (C=O) groups excluding carboxylic acids is 3. The molecule has 0 bridgehead atoms. The molecule has 9 nitrogen and oxygen atoms in total. The highest BCUT2D eigenvalue weighted by Crippen LogP contribution is 2.22. The molecular formula is C24H30N4O5. The van der Waals surface area contributed by atoms with Crippen LogP contribution in [-0.2, 0) is 19.1 Å². The van der Waals surface area contributed by atoms with Crippen molar-refractivity contribution < 1.29 is 23.9 Å². The zero-order valence-electron chi connectivity index (χ0n) is 19.4. The zero-order valence-corrected chi connectivity index (χ0v) is 19.4. The third kappa shape index (κ3) is 8.74. The lowest BCUT2D eigenvalue weighted by molar-refractivity contribution is -0.139. The minimum atomic E-state index is -0.853. The molecule has 0 saturated carbocycles. The van der Waals surface area contributed by atoms with Gasteiger partial charge in [0.05, 0.1) is 6.21 Å². The van der Waals surface area contributed by atoms with E-state index in [1.54, 1.807) is 31.4 Å². The normalized spacial score (nSPS) is 10.7. The van der Waals surface area contributed by atoms with Crippen LogP contribution in [0.25, 0.3) is 0 Å². The van der Waals surface area contributed by atoms with E-state index in [4.69, 9.17) is 9.47 Å². The van der Waals surface area contributed by atoms with Crippen LogP contribution in [0.4, 0.5) is 5.69 Å². The molecule has 3 N–H and O–H groups in total. The molecule has 176 valence electrons. The number of rotatable bonds is 10. The van der Waals surface area contributed by atoms with Crippen molar-refractivity contribution in [1.29, 1.82) is 0 Å². The number of anilines is 1. The number of hydrogen-bond donors (Lipinski definition) is 3. The maximum Gasteiger partial charge on any atom is 0.329 e. The summed E-state index contributed by atoms with van der Waals surface area (Å²) in [6, 6.07) is 10.8. The molecule has 0 fully saturated rings. The lowest BCUT2D eigenvalue weighted by Gasteiger charge is -2.13. The minimum Gasteiger partial charge on any atom is -0.484 e. The lowest BCUT2D eigenvalue weighted by Crippen LogP contribution is -2.38. The number of hydrazone groups is 1. The summed E-state index contributed by atoms with van der Waals surface area (Å²) in [4.78, 5) is 35.5. The van der Waals surface area contributed by atoms with Gasteiger partial charge in [-0.25, -0.2) is 5.43 Å². The van der Waals surface area contributed by atoms with Gasteiger partial charge in [-0.2, -0.15) is 5.10 Å². The quantitative estimate of drug-likeness (QED) is 0.220. The Morgan fingerprint density at radius 2 is 1.67 bits per heavy atom. The van der Waals surface area contributed by atoms with E-state index in [9.17, 15) is 14.4 Å². The molecule has 2 rings (SSSR count). The van der Waals surface area contributed by atoms with Crippen molar-refractivity contribution in [3.8, 4) is 5.75 Å². The summed E-state index contributed by atoms with van der Waals surface area (Å²) in [5.74, 6) is -1.35. The van der Waals surface area contributed by atoms with Crippen LogP contribution in [0.5, 0.6) is 5.75 Å². The number of hydrogen-bond acceptors (Lipinski definition) is 6. The number of amides is 3. The van der Waals surface area contributed by atoms with Crippen molar-refractivity contribution in [3.63, 3.8) is 0 Å². The van der Waals surface area contributed by atoms with Gasteiger partial charge in [0.15, 0.2) is 6.61 Å². The van der Waals surface area contributed by atoms with Crippen molar-refractivity contribution in [3.05, 3.63) is 58.7 Å². The largest absolute Gasteiger partial charge is 0.484 e. The van der Waals surface area contributed by atoms with Crippen LogP contribution in [0.2, 0.25) is 0 Å². The second kappa shape index (κ2) is 13.0. The highest BCUT2D eigenvalue weighted by Gasteiger charge is 2.11. The van der Waals surface area contributed by atoms with Crippen LogP contribution in [0.3, 0.4) is 0 Å². The van der Waals surface area contributed by atoms with Crippen LogP contribution in [0.1, 0.15) is 28.7 Å². The van der Waals surface area contributed by atoms with Crippen molar-refractivity contribution >= 4 is 29.6 Å². The molecule has 0 radical (unpaired) electrons. The Morgan fingerprint density at radius 3 is 2.30 bits per heavy atom. The van der Waals surface area contributed by atoms with Gasteiger partial charge in [0.25, 0.3) is 5.91 Å². The van der Waals surface area contributed by atoms with Gasteiger partial charge in [-0.05, 0) is 68.1 Å². The van der Waals surface area contributed by atoms with Gasteiger partial charge in [-0.15, -0.1) is 0 Å². The van der Waals surface area contributed by atoms with Crippen LogP contribution in [0, 0.1) is 20.8 Å². The van der Waals surface area contributed by atoms with E-state index < -0.39 is 11.8 Å². The van der Waals surface area contributed by atoms with E-state index in [-0.39, 0.29) is 12.5 Å². The summed E-state index contributed by atoms with van der Waals surface area (Å²) in [5.41, 5.74) is 6.78. The molecule has 2 aromatic carbocycles. The molecule has 0 saturated heterocycles. The molecule has 0 aromatic heterocycles. The van der Waals surface area contributed by atoms with E-state index in [0.717, 1.165) is 22.4 Å². The molecule has 0 aliphatic carbocycles. The zero-order chi connectivity index (χ0) is 24.2. The predicted octanol–water partition coefficient (Wildman–Crippen LogP) is 2.23. The maximum absolute atomic E-state index is 12.3. The second-order valence-corrected chi connectivity index (χ2v) is 7.48. The number of nitrogens with zero attached hydrogens (tertiary/aromatic N) is 1. The average molecular weight is 455 g/mol. The fraction of sp³-hybridized carbons (Fsp3) is 0.333. The number of ether oxygens (including phenoxy) is 2. The van der Waals surface area contributed by atoms with Gasteiger partial charge in [0.2, 0.25) is 0 Å². The summed E-state index contributed by atoms with van der Waals surface area (Å²) in [5, 5.41) is 9.12. The number of methoxy groups -OCH3 is 1.